The van der Waals surface area contributed by atoms with Crippen molar-refractivity contribution in [2.24, 2.45) is 0 Å². The van der Waals surface area contributed by atoms with Gasteiger partial charge in [0, 0.05) is 44.0 Å². The van der Waals surface area contributed by atoms with Gasteiger partial charge in [0.25, 0.3) is 5.69 Å². The molecule has 1 saturated heterocycles. The van der Waals surface area contributed by atoms with Gasteiger partial charge in [-0.2, -0.15) is 0 Å². The minimum Gasteiger partial charge on any atom is -0.362 e. The Hall–Kier alpha value is -3.03. The first kappa shape index (κ1) is 16.8. The van der Waals surface area contributed by atoms with Gasteiger partial charge >= 0.3 is 0 Å². The lowest BCUT2D eigenvalue weighted by Gasteiger charge is -2.36. The molecular weight excluding hydrogens is 322 g/mol. The van der Waals surface area contributed by atoms with Crippen LogP contribution in [0.5, 0.6) is 0 Å². The highest BCUT2D eigenvalue weighted by atomic mass is 16.6. The smallest absolute Gasteiger partial charge is 0.293 e. The van der Waals surface area contributed by atoms with Crippen molar-refractivity contribution >= 4 is 23.0 Å². The van der Waals surface area contributed by atoms with E-state index in [1.54, 1.807) is 18.3 Å². The molecule has 0 aliphatic carbocycles. The lowest BCUT2D eigenvalue weighted by molar-refractivity contribution is -0.384. The van der Waals surface area contributed by atoms with E-state index in [4.69, 9.17) is 0 Å². The number of carbonyl (C=O) groups excluding carboxylic acids is 1. The van der Waals surface area contributed by atoms with Gasteiger partial charge in [-0.05, 0) is 32.0 Å². The molecule has 3 rings (SSSR count). The van der Waals surface area contributed by atoms with Gasteiger partial charge < -0.3 is 9.80 Å². The summed E-state index contributed by atoms with van der Waals surface area (Å²) in [7, 11) is 0. The predicted molar refractivity (Wildman–Crippen MR) is 94.3 cm³/mol. The van der Waals surface area contributed by atoms with Crippen LogP contribution in [0.25, 0.3) is 0 Å². The number of Topliss-reactive ketones (excluding diaryl/α,β-unsaturated/α-hetero) is 1. The second-order valence-electron chi connectivity index (χ2n) is 5.95. The van der Waals surface area contributed by atoms with Crippen LogP contribution >= 0.6 is 0 Å². The maximum Gasteiger partial charge on any atom is 0.293 e. The van der Waals surface area contributed by atoms with Crippen LogP contribution in [-0.2, 0) is 0 Å². The van der Waals surface area contributed by atoms with E-state index in [0.29, 0.717) is 37.4 Å². The van der Waals surface area contributed by atoms with Gasteiger partial charge in [0.15, 0.2) is 5.78 Å². The second-order valence-corrected chi connectivity index (χ2v) is 5.95. The Kier molecular flexibility index (Phi) is 4.60. The molecular formula is C17H19N5O3. The first-order valence-electron chi connectivity index (χ1n) is 8.04. The normalized spacial score (nSPS) is 14.5. The molecule has 8 heteroatoms. The number of rotatable bonds is 4. The van der Waals surface area contributed by atoms with E-state index in [0.717, 1.165) is 11.6 Å². The Bertz CT molecular complexity index is 816. The number of hydrogen-bond acceptors (Lipinski definition) is 7. The average molecular weight is 341 g/mol. The summed E-state index contributed by atoms with van der Waals surface area (Å²) in [5, 5.41) is 11.4. The maximum atomic E-state index is 11.5. The summed E-state index contributed by atoms with van der Waals surface area (Å²) in [6.07, 6.45) is 1.73. The van der Waals surface area contributed by atoms with Crippen molar-refractivity contribution in [3.63, 3.8) is 0 Å². The maximum absolute atomic E-state index is 11.5. The van der Waals surface area contributed by atoms with Crippen LogP contribution in [0.1, 0.15) is 23.1 Å². The monoisotopic (exact) mass is 341 g/mol. The number of nitrogens with zero attached hydrogens (tertiary/aromatic N) is 5. The first-order chi connectivity index (χ1) is 12.0. The molecule has 0 spiro atoms. The molecule has 1 aliphatic rings. The third kappa shape index (κ3) is 3.57. The van der Waals surface area contributed by atoms with Crippen LogP contribution in [0, 0.1) is 17.0 Å². The molecule has 0 saturated carbocycles. The Labute approximate surface area is 145 Å². The van der Waals surface area contributed by atoms with E-state index in [-0.39, 0.29) is 11.5 Å². The van der Waals surface area contributed by atoms with Crippen molar-refractivity contribution in [1.82, 2.24) is 9.97 Å². The number of hydrogen-bond donors (Lipinski definition) is 0. The number of carbonyl (C=O) groups is 1. The lowest BCUT2D eigenvalue weighted by Crippen LogP contribution is -2.47. The highest BCUT2D eigenvalue weighted by Crippen LogP contribution is 2.30. The largest absolute Gasteiger partial charge is 0.362 e. The molecule has 0 N–H and O–H groups in total. The minimum absolute atomic E-state index is 0.0287. The topological polar surface area (TPSA) is 92.5 Å². The fourth-order valence-electron chi connectivity index (χ4n) is 2.95. The zero-order valence-electron chi connectivity index (χ0n) is 14.2. The number of nitro benzene ring substituents is 1. The van der Waals surface area contributed by atoms with Crippen LogP contribution in [-0.4, -0.2) is 46.9 Å². The van der Waals surface area contributed by atoms with Crippen molar-refractivity contribution in [3.05, 3.63) is 52.0 Å². The van der Waals surface area contributed by atoms with Crippen molar-refractivity contribution in [1.29, 1.82) is 0 Å². The summed E-state index contributed by atoms with van der Waals surface area (Å²) in [5.41, 5.74) is 0.873. The van der Waals surface area contributed by atoms with Crippen LogP contribution in [0.2, 0.25) is 0 Å². The molecule has 25 heavy (non-hydrogen) atoms. The molecule has 2 aromatic rings. The second kappa shape index (κ2) is 6.84. The fourth-order valence-corrected chi connectivity index (χ4v) is 2.95. The third-order valence-corrected chi connectivity index (χ3v) is 4.28. The molecule has 130 valence electrons. The summed E-state index contributed by atoms with van der Waals surface area (Å²) in [5.74, 6) is 1.41. The van der Waals surface area contributed by atoms with Gasteiger partial charge in [-0.15, -0.1) is 0 Å². The van der Waals surface area contributed by atoms with Crippen LogP contribution in [0.4, 0.5) is 17.2 Å². The lowest BCUT2D eigenvalue weighted by atomic mass is 10.1. The van der Waals surface area contributed by atoms with Crippen molar-refractivity contribution in [2.45, 2.75) is 13.8 Å². The SMILES string of the molecule is CC(=O)c1ccc(N2CCN(c3ccnc(C)n3)CC2)c([N+](=O)[O-])c1. The Morgan fingerprint density at radius 3 is 2.44 bits per heavy atom. The van der Waals surface area contributed by atoms with E-state index in [1.165, 1.54) is 13.0 Å². The zero-order valence-corrected chi connectivity index (χ0v) is 14.2. The Morgan fingerprint density at radius 2 is 1.84 bits per heavy atom. The zero-order chi connectivity index (χ0) is 18.0. The van der Waals surface area contributed by atoms with Crippen LogP contribution < -0.4 is 9.80 Å². The molecule has 0 atom stereocenters. The van der Waals surface area contributed by atoms with Crippen molar-refractivity contribution < 1.29 is 9.72 Å². The standard InChI is InChI=1S/C17H19N5O3/c1-12(23)14-3-4-15(16(11-14)22(24)25)20-7-9-21(10-8-20)17-5-6-18-13(2)19-17/h3-6,11H,7-10H2,1-2H3. The number of piperazine rings is 1. The van der Waals surface area contributed by atoms with Gasteiger partial charge in [0.2, 0.25) is 0 Å². The molecule has 0 radical (unpaired) electrons. The number of ketones is 1. The Morgan fingerprint density at radius 1 is 1.16 bits per heavy atom. The highest BCUT2D eigenvalue weighted by Gasteiger charge is 2.25. The van der Waals surface area contributed by atoms with Crippen molar-refractivity contribution in [2.75, 3.05) is 36.0 Å². The molecule has 1 aromatic carbocycles. The summed E-state index contributed by atoms with van der Waals surface area (Å²) in [6.45, 7) is 5.96. The summed E-state index contributed by atoms with van der Waals surface area (Å²) in [4.78, 5) is 35.1. The Balaban J connectivity index is 1.78. The summed E-state index contributed by atoms with van der Waals surface area (Å²) in [6, 6.07) is 6.54. The number of aryl methyl sites for hydroxylation is 1. The van der Waals surface area contributed by atoms with E-state index < -0.39 is 4.92 Å². The van der Waals surface area contributed by atoms with Gasteiger partial charge in [-0.25, -0.2) is 9.97 Å². The molecule has 0 bridgehead atoms. The summed E-state index contributed by atoms with van der Waals surface area (Å²) < 4.78 is 0. The van der Waals surface area contributed by atoms with Crippen LogP contribution in [0.3, 0.4) is 0 Å². The van der Waals surface area contributed by atoms with Gasteiger partial charge in [0.1, 0.15) is 17.3 Å². The van der Waals surface area contributed by atoms with E-state index in [9.17, 15) is 14.9 Å². The molecule has 1 aromatic heterocycles. The molecule has 1 aliphatic heterocycles. The number of nitro groups is 1. The van der Waals surface area contributed by atoms with E-state index in [1.807, 2.05) is 17.9 Å². The molecule has 0 amide bonds. The van der Waals surface area contributed by atoms with E-state index in [2.05, 4.69) is 14.9 Å². The van der Waals surface area contributed by atoms with Crippen molar-refractivity contribution in [3.8, 4) is 0 Å². The molecule has 2 heterocycles. The third-order valence-electron chi connectivity index (χ3n) is 4.28. The summed E-state index contributed by atoms with van der Waals surface area (Å²) >= 11 is 0. The average Bonchev–Trinajstić information content (AvgIpc) is 2.61. The fraction of sp³-hybridized carbons (Fsp3) is 0.353. The van der Waals surface area contributed by atoms with Gasteiger partial charge in [0.05, 0.1) is 4.92 Å². The van der Waals surface area contributed by atoms with Gasteiger partial charge in [-0.1, -0.05) is 0 Å². The minimum atomic E-state index is -0.429. The quantitative estimate of drug-likeness (QED) is 0.478. The highest BCUT2D eigenvalue weighted by molar-refractivity contribution is 5.95. The van der Waals surface area contributed by atoms with Gasteiger partial charge in [-0.3, -0.25) is 14.9 Å². The first-order valence-corrected chi connectivity index (χ1v) is 8.04. The molecule has 0 unspecified atom stereocenters. The predicted octanol–water partition coefficient (Wildman–Crippen LogP) is 2.22. The van der Waals surface area contributed by atoms with E-state index >= 15 is 0 Å². The number of anilines is 2. The number of benzene rings is 1. The molecule has 8 nitrogen and oxygen atoms in total. The van der Waals surface area contributed by atoms with Crippen LogP contribution in [0.15, 0.2) is 30.5 Å². The number of aromatic nitrogens is 2. The molecule has 1 fully saturated rings.